The maximum Gasteiger partial charge on any atom is 0.311 e. The van der Waals surface area contributed by atoms with Gasteiger partial charge in [-0.2, -0.15) is 0 Å². The van der Waals surface area contributed by atoms with Gasteiger partial charge in [-0.25, -0.2) is 0 Å². The SMILES string of the molecule is COc1ccc(C2C(=O)c3ccccc3C2=O)cc1[N+](=O)[O-]. The number of nitro benzene ring substituents is 1. The molecule has 1 aliphatic rings. The number of rotatable bonds is 3. The van der Waals surface area contributed by atoms with E-state index in [4.69, 9.17) is 4.74 Å². The Hall–Kier alpha value is -3.02. The first kappa shape index (κ1) is 13.9. The minimum absolute atomic E-state index is 0.0872. The van der Waals surface area contributed by atoms with Crippen LogP contribution in [0.5, 0.6) is 5.75 Å². The van der Waals surface area contributed by atoms with Crippen LogP contribution in [-0.4, -0.2) is 23.6 Å². The smallest absolute Gasteiger partial charge is 0.311 e. The first-order valence-corrected chi connectivity index (χ1v) is 6.54. The highest BCUT2D eigenvalue weighted by atomic mass is 16.6. The number of nitro groups is 1. The summed E-state index contributed by atoms with van der Waals surface area (Å²) in [5, 5.41) is 11.1. The summed E-state index contributed by atoms with van der Waals surface area (Å²) < 4.78 is 4.93. The minimum atomic E-state index is -1.03. The number of carbonyl (C=O) groups is 2. The highest BCUT2D eigenvalue weighted by molar-refractivity contribution is 6.29. The Kier molecular flexibility index (Phi) is 3.21. The molecule has 0 unspecified atom stereocenters. The summed E-state index contributed by atoms with van der Waals surface area (Å²) in [5.74, 6) is -1.61. The Labute approximate surface area is 125 Å². The van der Waals surface area contributed by atoms with Gasteiger partial charge in [0.25, 0.3) is 0 Å². The summed E-state index contributed by atoms with van der Waals surface area (Å²) in [6.45, 7) is 0. The molecular formula is C16H11NO5. The Morgan fingerprint density at radius 3 is 2.14 bits per heavy atom. The second-order valence-electron chi connectivity index (χ2n) is 4.90. The molecule has 110 valence electrons. The normalized spacial score (nSPS) is 14.0. The predicted octanol–water partition coefficient (Wildman–Crippen LogP) is 2.77. The van der Waals surface area contributed by atoms with Gasteiger partial charge in [0.05, 0.1) is 12.0 Å². The number of carbonyl (C=O) groups excluding carboxylic acids is 2. The molecule has 0 N–H and O–H groups in total. The molecule has 0 saturated heterocycles. The van der Waals surface area contributed by atoms with Gasteiger partial charge < -0.3 is 4.74 Å². The summed E-state index contributed by atoms with van der Waals surface area (Å²) in [5.41, 5.74) is 0.752. The number of hydrogen-bond acceptors (Lipinski definition) is 5. The van der Waals surface area contributed by atoms with Crippen LogP contribution in [0.2, 0.25) is 0 Å². The second kappa shape index (κ2) is 5.07. The van der Waals surface area contributed by atoms with Gasteiger partial charge in [-0.05, 0) is 11.6 Å². The summed E-state index contributed by atoms with van der Waals surface area (Å²) in [6.07, 6.45) is 0. The van der Waals surface area contributed by atoms with Crippen molar-refractivity contribution < 1.29 is 19.2 Å². The van der Waals surface area contributed by atoms with E-state index in [1.807, 2.05) is 0 Å². The van der Waals surface area contributed by atoms with Crippen molar-refractivity contribution in [3.63, 3.8) is 0 Å². The zero-order valence-electron chi connectivity index (χ0n) is 11.6. The summed E-state index contributed by atoms with van der Waals surface area (Å²) in [6, 6.07) is 10.7. The lowest BCUT2D eigenvalue weighted by atomic mass is 9.94. The van der Waals surface area contributed by atoms with Crippen LogP contribution in [0.1, 0.15) is 32.2 Å². The van der Waals surface area contributed by atoms with Crippen molar-refractivity contribution in [2.75, 3.05) is 7.11 Å². The number of hydrogen-bond donors (Lipinski definition) is 0. The van der Waals surface area contributed by atoms with E-state index >= 15 is 0 Å². The van der Waals surface area contributed by atoms with Crippen molar-refractivity contribution in [1.82, 2.24) is 0 Å². The Bertz CT molecular complexity index is 777. The molecule has 0 aromatic heterocycles. The van der Waals surface area contributed by atoms with Crippen LogP contribution in [0.4, 0.5) is 5.69 Å². The molecule has 0 radical (unpaired) electrons. The number of Topliss-reactive ketones (excluding diaryl/α,β-unsaturated/α-hetero) is 2. The van der Waals surface area contributed by atoms with E-state index in [1.165, 1.54) is 25.3 Å². The van der Waals surface area contributed by atoms with Gasteiger partial charge in [0, 0.05) is 17.2 Å². The van der Waals surface area contributed by atoms with Crippen LogP contribution >= 0.6 is 0 Å². The fraction of sp³-hybridized carbons (Fsp3) is 0.125. The third kappa shape index (κ3) is 1.96. The monoisotopic (exact) mass is 297 g/mol. The van der Waals surface area contributed by atoms with Gasteiger partial charge in [0.2, 0.25) is 0 Å². The lowest BCUT2D eigenvalue weighted by molar-refractivity contribution is -0.385. The largest absolute Gasteiger partial charge is 0.490 e. The Morgan fingerprint density at radius 1 is 1.05 bits per heavy atom. The standard InChI is InChI=1S/C16H11NO5/c1-22-13-7-6-9(8-12(13)17(20)21)14-15(18)10-4-2-3-5-11(10)16(14)19/h2-8,14H,1H3. The highest BCUT2D eigenvalue weighted by Gasteiger charge is 2.40. The van der Waals surface area contributed by atoms with Crippen LogP contribution in [-0.2, 0) is 0 Å². The first-order chi connectivity index (χ1) is 10.5. The van der Waals surface area contributed by atoms with Gasteiger partial charge in [-0.1, -0.05) is 30.3 Å². The Balaban J connectivity index is 2.10. The molecular weight excluding hydrogens is 286 g/mol. The molecule has 2 aromatic carbocycles. The lowest BCUT2D eigenvalue weighted by Gasteiger charge is -2.09. The maximum atomic E-state index is 12.4. The molecule has 0 heterocycles. The highest BCUT2D eigenvalue weighted by Crippen LogP contribution is 2.37. The number of nitrogens with zero attached hydrogens (tertiary/aromatic N) is 1. The molecule has 0 fully saturated rings. The van der Waals surface area contributed by atoms with Gasteiger partial charge in [-0.15, -0.1) is 0 Å². The van der Waals surface area contributed by atoms with Crippen molar-refractivity contribution >= 4 is 17.3 Å². The maximum absolute atomic E-state index is 12.4. The van der Waals surface area contributed by atoms with E-state index in [-0.39, 0.29) is 23.0 Å². The number of fused-ring (bicyclic) bond motifs is 1. The second-order valence-corrected chi connectivity index (χ2v) is 4.90. The fourth-order valence-electron chi connectivity index (χ4n) is 2.67. The minimum Gasteiger partial charge on any atom is -0.490 e. The molecule has 1 aliphatic carbocycles. The van der Waals surface area contributed by atoms with Crippen molar-refractivity contribution in [1.29, 1.82) is 0 Å². The molecule has 2 aromatic rings. The summed E-state index contributed by atoms with van der Waals surface area (Å²) in [4.78, 5) is 35.3. The van der Waals surface area contributed by atoms with E-state index in [0.29, 0.717) is 16.7 Å². The lowest BCUT2D eigenvalue weighted by Crippen LogP contribution is -2.13. The van der Waals surface area contributed by atoms with Crippen molar-refractivity contribution in [3.05, 3.63) is 69.3 Å². The number of ether oxygens (including phenoxy) is 1. The van der Waals surface area contributed by atoms with Crippen LogP contribution in [0.3, 0.4) is 0 Å². The van der Waals surface area contributed by atoms with Crippen molar-refractivity contribution in [3.8, 4) is 5.75 Å². The molecule has 22 heavy (non-hydrogen) atoms. The molecule has 0 saturated carbocycles. The molecule has 0 aliphatic heterocycles. The van der Waals surface area contributed by atoms with Gasteiger partial charge in [0.1, 0.15) is 5.92 Å². The molecule has 0 amide bonds. The third-order valence-corrected chi connectivity index (χ3v) is 3.72. The topological polar surface area (TPSA) is 86.5 Å². The van der Waals surface area contributed by atoms with Gasteiger partial charge >= 0.3 is 5.69 Å². The van der Waals surface area contributed by atoms with E-state index in [0.717, 1.165) is 0 Å². The van der Waals surface area contributed by atoms with Crippen molar-refractivity contribution in [2.24, 2.45) is 0 Å². The van der Waals surface area contributed by atoms with Gasteiger partial charge in [0.15, 0.2) is 17.3 Å². The molecule has 3 rings (SSSR count). The van der Waals surface area contributed by atoms with E-state index in [1.54, 1.807) is 24.3 Å². The molecule has 0 bridgehead atoms. The summed E-state index contributed by atoms with van der Waals surface area (Å²) in [7, 11) is 1.32. The van der Waals surface area contributed by atoms with Crippen LogP contribution in [0, 0.1) is 10.1 Å². The predicted molar refractivity (Wildman–Crippen MR) is 77.5 cm³/mol. The average Bonchev–Trinajstić information content (AvgIpc) is 2.79. The van der Waals surface area contributed by atoms with E-state index < -0.39 is 10.8 Å². The Morgan fingerprint density at radius 2 is 1.64 bits per heavy atom. The fourth-order valence-corrected chi connectivity index (χ4v) is 2.67. The number of ketones is 2. The van der Waals surface area contributed by atoms with E-state index in [2.05, 4.69) is 0 Å². The average molecular weight is 297 g/mol. The summed E-state index contributed by atoms with van der Waals surface area (Å²) >= 11 is 0. The van der Waals surface area contributed by atoms with Crippen LogP contribution in [0.15, 0.2) is 42.5 Å². The zero-order valence-corrected chi connectivity index (χ0v) is 11.6. The number of methoxy groups -OCH3 is 1. The molecule has 0 spiro atoms. The quantitative estimate of drug-likeness (QED) is 0.494. The van der Waals surface area contributed by atoms with Crippen molar-refractivity contribution in [2.45, 2.75) is 5.92 Å². The zero-order chi connectivity index (χ0) is 15.9. The molecule has 6 heteroatoms. The first-order valence-electron chi connectivity index (χ1n) is 6.54. The number of benzene rings is 2. The molecule has 0 atom stereocenters. The van der Waals surface area contributed by atoms with E-state index in [9.17, 15) is 19.7 Å². The van der Waals surface area contributed by atoms with Crippen LogP contribution in [0.25, 0.3) is 0 Å². The molecule has 6 nitrogen and oxygen atoms in total. The van der Waals surface area contributed by atoms with Gasteiger partial charge in [-0.3, -0.25) is 19.7 Å². The third-order valence-electron chi connectivity index (χ3n) is 3.72. The van der Waals surface area contributed by atoms with Crippen LogP contribution < -0.4 is 4.74 Å².